The van der Waals surface area contributed by atoms with Gasteiger partial charge in [0.2, 0.25) is 0 Å². The lowest BCUT2D eigenvalue weighted by molar-refractivity contribution is -0.138. The first-order chi connectivity index (χ1) is 13.3. The normalized spacial score (nSPS) is 20.9. The van der Waals surface area contributed by atoms with Crippen molar-refractivity contribution < 1.29 is 23.8 Å². The quantitative estimate of drug-likeness (QED) is 0.741. The zero-order chi connectivity index (χ0) is 20.3. The van der Waals surface area contributed by atoms with E-state index in [0.717, 1.165) is 18.4 Å². The Labute approximate surface area is 164 Å². The smallest absolute Gasteiger partial charge is 0.318 e. The van der Waals surface area contributed by atoms with Gasteiger partial charge in [0.1, 0.15) is 5.82 Å². The van der Waals surface area contributed by atoms with E-state index >= 15 is 0 Å². The van der Waals surface area contributed by atoms with E-state index in [1.807, 2.05) is 6.07 Å². The molecule has 8 heteroatoms. The monoisotopic (exact) mass is 393 g/mol. The summed E-state index contributed by atoms with van der Waals surface area (Å²) in [6.45, 7) is 3.42. The molecule has 2 aliphatic rings. The van der Waals surface area contributed by atoms with Gasteiger partial charge in [-0.15, -0.1) is 0 Å². The van der Waals surface area contributed by atoms with Crippen molar-refractivity contribution in [3.63, 3.8) is 0 Å². The molecule has 2 fully saturated rings. The number of aliphatic carboxylic acids is 1. The number of carboxylic acid groups (broad SMARTS) is 1. The van der Waals surface area contributed by atoms with Gasteiger partial charge >= 0.3 is 12.0 Å². The fourth-order valence-electron chi connectivity index (χ4n) is 3.65. The topological polar surface area (TPSA) is 82.1 Å². The van der Waals surface area contributed by atoms with Crippen LogP contribution in [0.2, 0.25) is 0 Å². The van der Waals surface area contributed by atoms with E-state index < -0.39 is 5.97 Å². The SMILES string of the molecule is Cc1cc(C(NC(=O)N2CCOC(CN(C)CC(=O)O)C2)C2CC2)ccc1F. The summed E-state index contributed by atoms with van der Waals surface area (Å²) >= 11 is 0. The van der Waals surface area contributed by atoms with E-state index in [0.29, 0.717) is 37.7 Å². The van der Waals surface area contributed by atoms with Crippen molar-refractivity contribution >= 4 is 12.0 Å². The minimum atomic E-state index is -0.894. The first kappa shape index (κ1) is 20.5. The first-order valence-corrected chi connectivity index (χ1v) is 9.67. The summed E-state index contributed by atoms with van der Waals surface area (Å²) in [4.78, 5) is 27.1. The summed E-state index contributed by atoms with van der Waals surface area (Å²) in [7, 11) is 1.72. The lowest BCUT2D eigenvalue weighted by Crippen LogP contribution is -2.53. The number of likely N-dealkylation sites (N-methyl/N-ethyl adjacent to an activating group) is 1. The van der Waals surface area contributed by atoms with Crippen molar-refractivity contribution in [2.75, 3.05) is 39.8 Å². The molecule has 1 aromatic carbocycles. The number of carbonyl (C=O) groups is 2. The van der Waals surface area contributed by atoms with Gasteiger partial charge in [0.05, 0.1) is 25.3 Å². The number of halogens is 1. The van der Waals surface area contributed by atoms with Crippen LogP contribution in [0.5, 0.6) is 0 Å². The highest BCUT2D eigenvalue weighted by Crippen LogP contribution is 2.41. The fourth-order valence-corrected chi connectivity index (χ4v) is 3.65. The number of urea groups is 1. The molecule has 1 aliphatic heterocycles. The molecule has 154 valence electrons. The highest BCUT2D eigenvalue weighted by Gasteiger charge is 2.35. The summed E-state index contributed by atoms with van der Waals surface area (Å²) in [5.74, 6) is -0.756. The molecule has 0 spiro atoms. The Morgan fingerprint density at radius 1 is 1.43 bits per heavy atom. The molecule has 7 nitrogen and oxygen atoms in total. The Bertz CT molecular complexity index is 725. The lowest BCUT2D eigenvalue weighted by atomic mass is 10.0. The maximum atomic E-state index is 13.6. The number of benzene rings is 1. The van der Waals surface area contributed by atoms with Gasteiger partial charge in [-0.25, -0.2) is 9.18 Å². The third-order valence-corrected chi connectivity index (χ3v) is 5.26. The molecular formula is C20H28FN3O4. The molecular weight excluding hydrogens is 365 g/mol. The standard InChI is InChI=1S/C20H28FN3O4/c1-13-9-15(5-6-17(13)21)19(14-3-4-14)22-20(27)24-7-8-28-16(11-24)10-23(2)12-18(25)26/h5-6,9,14,16,19H,3-4,7-8,10-12H2,1-2H3,(H,22,27)(H,25,26). The number of nitrogens with one attached hydrogen (secondary N) is 1. The first-order valence-electron chi connectivity index (χ1n) is 9.67. The van der Waals surface area contributed by atoms with Gasteiger partial charge in [-0.05, 0) is 49.9 Å². The van der Waals surface area contributed by atoms with Crippen LogP contribution >= 0.6 is 0 Å². The van der Waals surface area contributed by atoms with Crippen LogP contribution in [-0.4, -0.2) is 72.8 Å². The molecule has 2 unspecified atom stereocenters. The molecule has 1 heterocycles. The predicted molar refractivity (Wildman–Crippen MR) is 102 cm³/mol. The molecule has 1 aromatic rings. The second-order valence-electron chi connectivity index (χ2n) is 7.80. The van der Waals surface area contributed by atoms with Crippen molar-refractivity contribution in [2.45, 2.75) is 31.9 Å². The summed E-state index contributed by atoms with van der Waals surface area (Å²) in [6.07, 6.45) is 1.87. The molecule has 28 heavy (non-hydrogen) atoms. The van der Waals surface area contributed by atoms with Gasteiger partial charge in [0, 0.05) is 19.6 Å². The summed E-state index contributed by atoms with van der Waals surface area (Å²) in [5, 5.41) is 12.0. The number of carbonyl (C=O) groups excluding carboxylic acids is 1. The van der Waals surface area contributed by atoms with E-state index in [1.54, 1.807) is 29.8 Å². The van der Waals surface area contributed by atoms with Gasteiger partial charge in [0.25, 0.3) is 0 Å². The fraction of sp³-hybridized carbons (Fsp3) is 0.600. The number of ether oxygens (including phenoxy) is 1. The van der Waals surface area contributed by atoms with Crippen molar-refractivity contribution in [2.24, 2.45) is 5.92 Å². The van der Waals surface area contributed by atoms with Gasteiger partial charge in [-0.3, -0.25) is 9.69 Å². The number of nitrogens with zero attached hydrogens (tertiary/aromatic N) is 2. The largest absolute Gasteiger partial charge is 0.480 e. The Kier molecular flexibility index (Phi) is 6.51. The number of hydrogen-bond acceptors (Lipinski definition) is 4. The minimum Gasteiger partial charge on any atom is -0.480 e. The molecule has 2 amide bonds. The van der Waals surface area contributed by atoms with Crippen molar-refractivity contribution in [3.8, 4) is 0 Å². The number of amides is 2. The minimum absolute atomic E-state index is 0.0697. The Morgan fingerprint density at radius 3 is 2.82 bits per heavy atom. The predicted octanol–water partition coefficient (Wildman–Crippen LogP) is 2.01. The third kappa shape index (κ3) is 5.42. The summed E-state index contributed by atoms with van der Waals surface area (Å²) < 4.78 is 19.3. The summed E-state index contributed by atoms with van der Waals surface area (Å²) in [5.41, 5.74) is 1.51. The van der Waals surface area contributed by atoms with Crippen LogP contribution in [0.25, 0.3) is 0 Å². The Hall–Kier alpha value is -2.19. The molecule has 0 aromatic heterocycles. The van der Waals surface area contributed by atoms with Crippen LogP contribution in [0.4, 0.5) is 9.18 Å². The maximum Gasteiger partial charge on any atom is 0.318 e. The average molecular weight is 393 g/mol. The zero-order valence-corrected chi connectivity index (χ0v) is 16.4. The highest BCUT2D eigenvalue weighted by atomic mass is 19.1. The van der Waals surface area contributed by atoms with Crippen LogP contribution in [-0.2, 0) is 9.53 Å². The third-order valence-electron chi connectivity index (χ3n) is 5.26. The van der Waals surface area contributed by atoms with Crippen LogP contribution in [0.15, 0.2) is 18.2 Å². The Morgan fingerprint density at radius 2 is 2.18 bits per heavy atom. The second kappa shape index (κ2) is 8.87. The number of morpholine rings is 1. The van der Waals surface area contributed by atoms with E-state index in [4.69, 9.17) is 9.84 Å². The van der Waals surface area contributed by atoms with Crippen LogP contribution in [0.1, 0.15) is 30.0 Å². The zero-order valence-electron chi connectivity index (χ0n) is 16.4. The van der Waals surface area contributed by atoms with Gasteiger partial charge in [-0.2, -0.15) is 0 Å². The lowest BCUT2D eigenvalue weighted by Gasteiger charge is -2.35. The number of rotatable bonds is 7. The van der Waals surface area contributed by atoms with Gasteiger partial charge in [0.15, 0.2) is 0 Å². The van der Waals surface area contributed by atoms with Crippen LogP contribution in [0, 0.1) is 18.7 Å². The molecule has 1 saturated heterocycles. The van der Waals surface area contributed by atoms with E-state index in [1.165, 1.54) is 6.07 Å². The van der Waals surface area contributed by atoms with Gasteiger partial charge in [-0.1, -0.05) is 12.1 Å². The molecule has 2 atom stereocenters. The van der Waals surface area contributed by atoms with Crippen molar-refractivity contribution in [1.82, 2.24) is 15.1 Å². The Balaban J connectivity index is 1.60. The molecule has 3 rings (SSSR count). The molecule has 0 bridgehead atoms. The van der Waals surface area contributed by atoms with E-state index in [-0.39, 0.29) is 30.5 Å². The van der Waals surface area contributed by atoms with Crippen molar-refractivity contribution in [3.05, 3.63) is 35.1 Å². The molecule has 2 N–H and O–H groups in total. The highest BCUT2D eigenvalue weighted by molar-refractivity contribution is 5.75. The van der Waals surface area contributed by atoms with Gasteiger partial charge < -0.3 is 20.1 Å². The molecule has 1 saturated carbocycles. The summed E-state index contributed by atoms with van der Waals surface area (Å²) in [6, 6.07) is 4.72. The maximum absolute atomic E-state index is 13.6. The number of hydrogen-bond donors (Lipinski definition) is 2. The second-order valence-corrected chi connectivity index (χ2v) is 7.80. The molecule has 1 aliphatic carbocycles. The number of aryl methyl sites for hydroxylation is 1. The molecule has 0 radical (unpaired) electrons. The van der Waals surface area contributed by atoms with E-state index in [9.17, 15) is 14.0 Å². The van der Waals surface area contributed by atoms with Crippen molar-refractivity contribution in [1.29, 1.82) is 0 Å². The van der Waals surface area contributed by atoms with Crippen LogP contribution in [0.3, 0.4) is 0 Å². The number of carboxylic acids is 1. The average Bonchev–Trinajstić information content (AvgIpc) is 3.46. The van der Waals surface area contributed by atoms with Crippen LogP contribution < -0.4 is 5.32 Å². The van der Waals surface area contributed by atoms with E-state index in [2.05, 4.69) is 5.32 Å².